The zero-order valence-corrected chi connectivity index (χ0v) is 11.9. The van der Waals surface area contributed by atoms with Gasteiger partial charge >= 0.3 is 0 Å². The van der Waals surface area contributed by atoms with E-state index < -0.39 is 10.8 Å². The number of benzene rings is 1. The predicted octanol–water partition coefficient (Wildman–Crippen LogP) is 2.88. The molecule has 0 aliphatic heterocycles. The van der Waals surface area contributed by atoms with E-state index >= 15 is 0 Å². The fourth-order valence-corrected chi connectivity index (χ4v) is 2.03. The molecule has 0 atom stereocenters. The van der Waals surface area contributed by atoms with Gasteiger partial charge in [-0.1, -0.05) is 17.7 Å². The molecule has 0 saturated carbocycles. The van der Waals surface area contributed by atoms with Gasteiger partial charge in [0.15, 0.2) is 0 Å². The SMILES string of the molecule is Cc1cccc(CNC(=O)c2ccc([N+](=O)[O-])cc2Cl)n1. The van der Waals surface area contributed by atoms with Crippen LogP contribution in [0.3, 0.4) is 0 Å². The quantitative estimate of drug-likeness (QED) is 0.695. The van der Waals surface area contributed by atoms with E-state index in [1.165, 1.54) is 12.1 Å². The summed E-state index contributed by atoms with van der Waals surface area (Å²) in [5.41, 5.74) is 1.61. The lowest BCUT2D eigenvalue weighted by Crippen LogP contribution is -2.23. The predicted molar refractivity (Wildman–Crippen MR) is 78.3 cm³/mol. The molecule has 1 heterocycles. The highest BCUT2D eigenvalue weighted by molar-refractivity contribution is 6.34. The van der Waals surface area contributed by atoms with Gasteiger partial charge in [-0.2, -0.15) is 0 Å². The Balaban J connectivity index is 2.08. The molecule has 1 aromatic carbocycles. The zero-order chi connectivity index (χ0) is 15.4. The van der Waals surface area contributed by atoms with Crippen LogP contribution >= 0.6 is 11.6 Å². The Bertz CT molecular complexity index is 704. The number of aromatic nitrogens is 1. The lowest BCUT2D eigenvalue weighted by Gasteiger charge is -2.07. The summed E-state index contributed by atoms with van der Waals surface area (Å²) >= 11 is 5.89. The van der Waals surface area contributed by atoms with Gasteiger partial charge in [0.05, 0.1) is 27.7 Å². The van der Waals surface area contributed by atoms with Crippen molar-refractivity contribution in [1.29, 1.82) is 0 Å². The first-order valence-corrected chi connectivity index (χ1v) is 6.50. The summed E-state index contributed by atoms with van der Waals surface area (Å²) in [5.74, 6) is -0.404. The third kappa shape index (κ3) is 3.76. The van der Waals surface area contributed by atoms with Crippen molar-refractivity contribution in [2.45, 2.75) is 13.5 Å². The third-order valence-electron chi connectivity index (χ3n) is 2.78. The summed E-state index contributed by atoms with van der Waals surface area (Å²) < 4.78 is 0. The average molecular weight is 306 g/mol. The van der Waals surface area contributed by atoms with Crippen LogP contribution in [-0.4, -0.2) is 15.8 Å². The smallest absolute Gasteiger partial charge is 0.270 e. The summed E-state index contributed by atoms with van der Waals surface area (Å²) in [6, 6.07) is 9.23. The molecule has 108 valence electrons. The molecule has 21 heavy (non-hydrogen) atoms. The van der Waals surface area contributed by atoms with Crippen molar-refractivity contribution in [2.24, 2.45) is 0 Å². The summed E-state index contributed by atoms with van der Waals surface area (Å²) in [4.78, 5) is 26.3. The lowest BCUT2D eigenvalue weighted by atomic mass is 10.2. The number of hydrogen-bond acceptors (Lipinski definition) is 4. The molecule has 0 unspecified atom stereocenters. The monoisotopic (exact) mass is 305 g/mol. The highest BCUT2D eigenvalue weighted by Crippen LogP contribution is 2.22. The maximum Gasteiger partial charge on any atom is 0.270 e. The van der Waals surface area contributed by atoms with Gasteiger partial charge < -0.3 is 5.32 Å². The molecule has 2 rings (SSSR count). The number of hydrogen-bond donors (Lipinski definition) is 1. The number of carbonyl (C=O) groups is 1. The molecule has 2 aromatic rings. The molecule has 0 bridgehead atoms. The van der Waals surface area contributed by atoms with E-state index in [0.717, 1.165) is 17.5 Å². The molecular formula is C14H12ClN3O3. The van der Waals surface area contributed by atoms with Gasteiger partial charge in [0.1, 0.15) is 0 Å². The Morgan fingerprint density at radius 3 is 2.76 bits per heavy atom. The van der Waals surface area contributed by atoms with Gasteiger partial charge in [-0.05, 0) is 25.1 Å². The van der Waals surface area contributed by atoms with Crippen LogP contribution < -0.4 is 5.32 Å². The van der Waals surface area contributed by atoms with E-state index in [4.69, 9.17) is 11.6 Å². The second-order valence-electron chi connectivity index (χ2n) is 4.37. The van der Waals surface area contributed by atoms with Gasteiger partial charge in [-0.25, -0.2) is 0 Å². The minimum atomic E-state index is -0.565. The molecule has 0 saturated heterocycles. The lowest BCUT2D eigenvalue weighted by molar-refractivity contribution is -0.384. The molecule has 1 amide bonds. The molecule has 7 heteroatoms. The molecule has 0 aliphatic rings. The highest BCUT2D eigenvalue weighted by atomic mass is 35.5. The van der Waals surface area contributed by atoms with Gasteiger partial charge in [-0.3, -0.25) is 19.9 Å². The van der Waals surface area contributed by atoms with Crippen LogP contribution in [-0.2, 0) is 6.54 Å². The number of carbonyl (C=O) groups excluding carboxylic acids is 1. The topological polar surface area (TPSA) is 85.1 Å². The first-order valence-electron chi connectivity index (χ1n) is 6.12. The Kier molecular flexibility index (Phi) is 4.49. The number of nitro benzene ring substituents is 1. The van der Waals surface area contributed by atoms with E-state index in [1.54, 1.807) is 6.07 Å². The van der Waals surface area contributed by atoms with E-state index in [2.05, 4.69) is 10.3 Å². The van der Waals surface area contributed by atoms with Gasteiger partial charge in [0.25, 0.3) is 11.6 Å². The molecule has 0 spiro atoms. The van der Waals surface area contributed by atoms with E-state index in [-0.39, 0.29) is 22.8 Å². The van der Waals surface area contributed by atoms with Crippen molar-refractivity contribution in [2.75, 3.05) is 0 Å². The molecule has 1 aromatic heterocycles. The fraction of sp³-hybridized carbons (Fsp3) is 0.143. The number of non-ortho nitro benzene ring substituents is 1. The number of nitrogens with one attached hydrogen (secondary N) is 1. The van der Waals surface area contributed by atoms with Crippen LogP contribution in [0, 0.1) is 17.0 Å². The Morgan fingerprint density at radius 1 is 1.38 bits per heavy atom. The highest BCUT2D eigenvalue weighted by Gasteiger charge is 2.14. The number of halogens is 1. The van der Waals surface area contributed by atoms with Gasteiger partial charge in [-0.15, -0.1) is 0 Å². The molecule has 1 N–H and O–H groups in total. The number of nitro groups is 1. The number of rotatable bonds is 4. The average Bonchev–Trinajstić information content (AvgIpc) is 2.44. The van der Waals surface area contributed by atoms with Crippen LogP contribution in [0.2, 0.25) is 5.02 Å². The fourth-order valence-electron chi connectivity index (χ4n) is 1.77. The van der Waals surface area contributed by atoms with Crippen molar-refractivity contribution in [3.8, 4) is 0 Å². The third-order valence-corrected chi connectivity index (χ3v) is 3.10. The Labute approximate surface area is 125 Å². The number of pyridine rings is 1. The summed E-state index contributed by atoms with van der Waals surface area (Å²) in [6.45, 7) is 2.12. The van der Waals surface area contributed by atoms with Crippen molar-refractivity contribution >= 4 is 23.2 Å². The largest absolute Gasteiger partial charge is 0.346 e. The number of aryl methyl sites for hydroxylation is 1. The molecule has 0 radical (unpaired) electrons. The second-order valence-corrected chi connectivity index (χ2v) is 4.78. The van der Waals surface area contributed by atoms with Crippen molar-refractivity contribution in [3.63, 3.8) is 0 Å². The standard InChI is InChI=1S/C14H12ClN3O3/c1-9-3-2-4-10(17-9)8-16-14(19)12-6-5-11(18(20)21)7-13(12)15/h2-7H,8H2,1H3,(H,16,19). The van der Waals surface area contributed by atoms with Gasteiger partial charge in [0.2, 0.25) is 0 Å². The molecule has 6 nitrogen and oxygen atoms in total. The van der Waals surface area contributed by atoms with E-state index in [9.17, 15) is 14.9 Å². The Hall–Kier alpha value is -2.47. The zero-order valence-electron chi connectivity index (χ0n) is 11.2. The normalized spacial score (nSPS) is 10.2. The summed E-state index contributed by atoms with van der Waals surface area (Å²) in [5, 5.41) is 13.3. The maximum absolute atomic E-state index is 12.0. The van der Waals surface area contributed by atoms with Crippen molar-refractivity contribution in [3.05, 3.63) is 68.5 Å². The van der Waals surface area contributed by atoms with Crippen LogP contribution in [0.4, 0.5) is 5.69 Å². The minimum Gasteiger partial charge on any atom is -0.346 e. The first-order chi connectivity index (χ1) is 9.97. The van der Waals surface area contributed by atoms with E-state index in [0.29, 0.717) is 0 Å². The van der Waals surface area contributed by atoms with Gasteiger partial charge in [0, 0.05) is 17.8 Å². The summed E-state index contributed by atoms with van der Waals surface area (Å²) in [7, 11) is 0. The number of nitrogens with zero attached hydrogens (tertiary/aromatic N) is 2. The summed E-state index contributed by atoms with van der Waals surface area (Å²) in [6.07, 6.45) is 0. The van der Waals surface area contributed by atoms with Crippen LogP contribution in [0.1, 0.15) is 21.7 Å². The van der Waals surface area contributed by atoms with Crippen molar-refractivity contribution < 1.29 is 9.72 Å². The Morgan fingerprint density at radius 2 is 2.14 bits per heavy atom. The molecular weight excluding hydrogens is 294 g/mol. The second kappa shape index (κ2) is 6.32. The minimum absolute atomic E-state index is 0.0406. The first kappa shape index (κ1) is 14.9. The maximum atomic E-state index is 12.0. The van der Waals surface area contributed by atoms with E-state index in [1.807, 2.05) is 19.1 Å². The van der Waals surface area contributed by atoms with Crippen LogP contribution in [0.5, 0.6) is 0 Å². The number of amides is 1. The van der Waals surface area contributed by atoms with Crippen LogP contribution in [0.15, 0.2) is 36.4 Å². The van der Waals surface area contributed by atoms with Crippen molar-refractivity contribution in [1.82, 2.24) is 10.3 Å². The molecule has 0 aliphatic carbocycles. The molecule has 0 fully saturated rings. The van der Waals surface area contributed by atoms with Crippen LogP contribution in [0.25, 0.3) is 0 Å².